The van der Waals surface area contributed by atoms with Crippen LogP contribution in [0.2, 0.25) is 0 Å². The van der Waals surface area contributed by atoms with Crippen LogP contribution in [-0.4, -0.2) is 21.7 Å². The highest BCUT2D eigenvalue weighted by Crippen LogP contribution is 2.27. The van der Waals surface area contributed by atoms with E-state index < -0.39 is 6.04 Å². The minimum Gasteiger partial charge on any atom is -0.320 e. The molecule has 0 bridgehead atoms. The fourth-order valence-corrected chi connectivity index (χ4v) is 2.59. The first-order chi connectivity index (χ1) is 8.65. The van der Waals surface area contributed by atoms with Crippen molar-refractivity contribution < 1.29 is 4.79 Å². The van der Waals surface area contributed by atoms with Crippen LogP contribution in [0.3, 0.4) is 0 Å². The fourth-order valence-electron chi connectivity index (χ4n) is 2.59. The molecule has 0 saturated heterocycles. The van der Waals surface area contributed by atoms with Crippen molar-refractivity contribution in [3.8, 4) is 0 Å². The molecule has 1 heterocycles. The molecule has 5 heteroatoms. The lowest BCUT2D eigenvalue weighted by Gasteiger charge is -2.23. The maximum absolute atomic E-state index is 11.9. The quantitative estimate of drug-likeness (QED) is 0.853. The first kappa shape index (κ1) is 13.1. The fraction of sp³-hybridized carbons (Fsp3) is 0.692. The van der Waals surface area contributed by atoms with Crippen molar-refractivity contribution in [1.82, 2.24) is 9.78 Å². The number of aryl methyl sites for hydroxylation is 1. The highest BCUT2D eigenvalue weighted by atomic mass is 16.2. The average Bonchev–Trinajstić information content (AvgIpc) is 2.76. The Morgan fingerprint density at radius 1 is 1.56 bits per heavy atom. The Kier molecular flexibility index (Phi) is 4.36. The number of anilines is 1. The molecule has 18 heavy (non-hydrogen) atoms. The standard InChI is InChI=1S/C13H22N4O/c1-17-8-7-12(16-17)15-13(18)11(14)9-10-5-3-2-4-6-10/h7-8,10-11H,2-6,9,14H2,1H3,(H,15,16,18). The largest absolute Gasteiger partial charge is 0.320 e. The maximum Gasteiger partial charge on any atom is 0.242 e. The van der Waals surface area contributed by atoms with Crippen molar-refractivity contribution in [2.75, 3.05) is 5.32 Å². The molecule has 1 amide bonds. The Morgan fingerprint density at radius 2 is 2.28 bits per heavy atom. The molecular weight excluding hydrogens is 228 g/mol. The van der Waals surface area contributed by atoms with Crippen LogP contribution in [0.25, 0.3) is 0 Å². The molecule has 1 unspecified atom stereocenters. The third-order valence-electron chi connectivity index (χ3n) is 3.61. The molecule has 0 radical (unpaired) electrons. The lowest BCUT2D eigenvalue weighted by molar-refractivity contribution is -0.117. The first-order valence-corrected chi connectivity index (χ1v) is 6.71. The Balaban J connectivity index is 1.80. The van der Waals surface area contributed by atoms with Crippen LogP contribution in [0.15, 0.2) is 12.3 Å². The van der Waals surface area contributed by atoms with Crippen molar-refractivity contribution in [2.45, 2.75) is 44.6 Å². The van der Waals surface area contributed by atoms with Crippen molar-refractivity contribution in [2.24, 2.45) is 18.7 Å². The number of nitrogens with two attached hydrogens (primary N) is 1. The average molecular weight is 250 g/mol. The molecule has 0 aliphatic heterocycles. The monoisotopic (exact) mass is 250 g/mol. The molecule has 1 aliphatic carbocycles. The van der Waals surface area contributed by atoms with Gasteiger partial charge in [-0.25, -0.2) is 0 Å². The van der Waals surface area contributed by atoms with E-state index in [1.807, 2.05) is 7.05 Å². The van der Waals surface area contributed by atoms with Gasteiger partial charge >= 0.3 is 0 Å². The minimum absolute atomic E-state index is 0.126. The Bertz CT molecular complexity index is 395. The van der Waals surface area contributed by atoms with E-state index in [4.69, 9.17) is 5.73 Å². The molecule has 3 N–H and O–H groups in total. The second kappa shape index (κ2) is 6.00. The Hall–Kier alpha value is -1.36. The number of hydrogen-bond donors (Lipinski definition) is 2. The molecule has 2 rings (SSSR count). The lowest BCUT2D eigenvalue weighted by Crippen LogP contribution is -2.37. The number of carbonyl (C=O) groups is 1. The molecule has 1 aromatic rings. The zero-order valence-electron chi connectivity index (χ0n) is 10.9. The molecular formula is C13H22N4O. The zero-order chi connectivity index (χ0) is 13.0. The molecule has 1 fully saturated rings. The minimum atomic E-state index is -0.421. The normalized spacial score (nSPS) is 18.6. The summed E-state index contributed by atoms with van der Waals surface area (Å²) in [7, 11) is 1.82. The topological polar surface area (TPSA) is 72.9 Å². The van der Waals surface area contributed by atoms with Crippen molar-refractivity contribution in [3.63, 3.8) is 0 Å². The molecule has 0 aromatic carbocycles. The van der Waals surface area contributed by atoms with Gasteiger partial charge in [0.1, 0.15) is 0 Å². The zero-order valence-corrected chi connectivity index (χ0v) is 10.9. The number of rotatable bonds is 4. The summed E-state index contributed by atoms with van der Waals surface area (Å²) in [6, 6.07) is 1.35. The Labute approximate surface area is 108 Å². The van der Waals surface area contributed by atoms with Gasteiger partial charge in [-0.2, -0.15) is 5.10 Å². The number of amides is 1. The van der Waals surface area contributed by atoms with Crippen LogP contribution in [0.4, 0.5) is 5.82 Å². The highest BCUT2D eigenvalue weighted by Gasteiger charge is 2.21. The van der Waals surface area contributed by atoms with E-state index in [-0.39, 0.29) is 5.91 Å². The van der Waals surface area contributed by atoms with Crippen molar-refractivity contribution >= 4 is 11.7 Å². The second-order valence-corrected chi connectivity index (χ2v) is 5.21. The lowest BCUT2D eigenvalue weighted by atomic mass is 9.85. The summed E-state index contributed by atoms with van der Waals surface area (Å²) in [6.45, 7) is 0. The van der Waals surface area contributed by atoms with Gasteiger partial charge in [0.05, 0.1) is 6.04 Å². The summed E-state index contributed by atoms with van der Waals surface area (Å²) in [4.78, 5) is 11.9. The first-order valence-electron chi connectivity index (χ1n) is 6.71. The van der Waals surface area contributed by atoms with E-state index >= 15 is 0 Å². The summed E-state index contributed by atoms with van der Waals surface area (Å²) >= 11 is 0. The molecule has 100 valence electrons. The molecule has 1 aliphatic rings. The molecule has 1 aromatic heterocycles. The van der Waals surface area contributed by atoms with Crippen LogP contribution in [-0.2, 0) is 11.8 Å². The van der Waals surface area contributed by atoms with E-state index in [2.05, 4.69) is 10.4 Å². The van der Waals surface area contributed by atoms with Gasteiger partial charge in [0.2, 0.25) is 5.91 Å². The van der Waals surface area contributed by atoms with Crippen LogP contribution in [0.5, 0.6) is 0 Å². The van der Waals surface area contributed by atoms with Crippen LogP contribution < -0.4 is 11.1 Å². The predicted octanol–water partition coefficient (Wildman–Crippen LogP) is 1.66. The number of aromatic nitrogens is 2. The molecule has 5 nitrogen and oxygen atoms in total. The summed E-state index contributed by atoms with van der Waals surface area (Å²) in [5.74, 6) is 1.06. The highest BCUT2D eigenvalue weighted by molar-refractivity contribution is 5.93. The summed E-state index contributed by atoms with van der Waals surface area (Å²) in [5, 5.41) is 6.87. The molecule has 1 atom stereocenters. The second-order valence-electron chi connectivity index (χ2n) is 5.21. The number of nitrogens with one attached hydrogen (secondary N) is 1. The van der Waals surface area contributed by atoms with E-state index in [9.17, 15) is 4.79 Å². The molecule has 1 saturated carbocycles. The van der Waals surface area contributed by atoms with Gasteiger partial charge in [0, 0.05) is 19.3 Å². The van der Waals surface area contributed by atoms with Crippen LogP contribution in [0.1, 0.15) is 38.5 Å². The van der Waals surface area contributed by atoms with Gasteiger partial charge in [-0.1, -0.05) is 32.1 Å². The van der Waals surface area contributed by atoms with Gasteiger partial charge in [-0.05, 0) is 12.3 Å². The Morgan fingerprint density at radius 3 is 2.89 bits per heavy atom. The van der Waals surface area contributed by atoms with Gasteiger partial charge in [-0.3, -0.25) is 9.48 Å². The predicted molar refractivity (Wildman–Crippen MR) is 71.0 cm³/mol. The third-order valence-corrected chi connectivity index (χ3v) is 3.61. The van der Waals surface area contributed by atoms with Gasteiger partial charge < -0.3 is 11.1 Å². The number of carbonyl (C=O) groups excluding carboxylic acids is 1. The maximum atomic E-state index is 11.9. The number of hydrogen-bond acceptors (Lipinski definition) is 3. The van der Waals surface area contributed by atoms with Crippen molar-refractivity contribution in [3.05, 3.63) is 12.3 Å². The summed E-state index contributed by atoms with van der Waals surface area (Å²) in [5.41, 5.74) is 5.96. The van der Waals surface area contributed by atoms with Crippen molar-refractivity contribution in [1.29, 1.82) is 0 Å². The van der Waals surface area contributed by atoms with E-state index in [1.54, 1.807) is 16.9 Å². The smallest absolute Gasteiger partial charge is 0.242 e. The SMILES string of the molecule is Cn1ccc(NC(=O)C(N)CC2CCCCC2)n1. The van der Waals surface area contributed by atoms with Gasteiger partial charge in [0.15, 0.2) is 5.82 Å². The summed E-state index contributed by atoms with van der Waals surface area (Å²) < 4.78 is 1.66. The summed E-state index contributed by atoms with van der Waals surface area (Å²) in [6.07, 6.45) is 8.89. The van der Waals surface area contributed by atoms with E-state index in [0.717, 1.165) is 6.42 Å². The van der Waals surface area contributed by atoms with E-state index in [1.165, 1.54) is 32.1 Å². The third kappa shape index (κ3) is 3.57. The van der Waals surface area contributed by atoms with E-state index in [0.29, 0.717) is 11.7 Å². The van der Waals surface area contributed by atoms with Crippen LogP contribution in [0, 0.1) is 5.92 Å². The van der Waals surface area contributed by atoms with Gasteiger partial charge in [0.25, 0.3) is 0 Å². The number of nitrogens with zero attached hydrogens (tertiary/aromatic N) is 2. The van der Waals surface area contributed by atoms with Gasteiger partial charge in [-0.15, -0.1) is 0 Å². The van der Waals surface area contributed by atoms with Crippen LogP contribution >= 0.6 is 0 Å². The molecule has 0 spiro atoms.